The van der Waals surface area contributed by atoms with Crippen LogP contribution in [-0.4, -0.2) is 61.3 Å². The number of carbonyl (C=O) groups excluding carboxylic acids is 1. The second-order valence-electron chi connectivity index (χ2n) is 6.69. The van der Waals surface area contributed by atoms with Crippen LogP contribution in [0.1, 0.15) is 31.2 Å². The van der Waals surface area contributed by atoms with Gasteiger partial charge >= 0.3 is 6.09 Å². The fourth-order valence-corrected chi connectivity index (χ4v) is 3.00. The zero-order valence-corrected chi connectivity index (χ0v) is 15.8. The first kappa shape index (κ1) is 21.8. The van der Waals surface area contributed by atoms with Crippen molar-refractivity contribution in [1.82, 2.24) is 9.91 Å². The zero-order valence-electron chi connectivity index (χ0n) is 15.8. The highest BCUT2D eigenvalue weighted by molar-refractivity contribution is 5.68. The van der Waals surface area contributed by atoms with Gasteiger partial charge in [0.15, 0.2) is 0 Å². The van der Waals surface area contributed by atoms with Gasteiger partial charge in [0, 0.05) is 25.1 Å². The molecule has 1 aliphatic heterocycles. The van der Waals surface area contributed by atoms with Gasteiger partial charge in [-0.2, -0.15) is 5.10 Å². The molecule has 6 nitrogen and oxygen atoms in total. The summed E-state index contributed by atoms with van der Waals surface area (Å²) in [6.07, 6.45) is 0.416. The number of amides is 1. The number of benzene rings is 1. The van der Waals surface area contributed by atoms with Crippen LogP contribution in [0, 0.1) is 0 Å². The van der Waals surface area contributed by atoms with E-state index in [4.69, 9.17) is 10.5 Å². The van der Waals surface area contributed by atoms with Crippen molar-refractivity contribution < 1.29 is 22.7 Å². The second kappa shape index (κ2) is 10.8. The Kier molecular flexibility index (Phi) is 8.41. The van der Waals surface area contributed by atoms with Gasteiger partial charge in [-0.15, -0.1) is 0 Å². The van der Waals surface area contributed by atoms with Gasteiger partial charge in [0.05, 0.1) is 13.1 Å². The summed E-state index contributed by atoms with van der Waals surface area (Å²) in [5.74, 6) is -2.87. The van der Waals surface area contributed by atoms with Crippen LogP contribution in [0.3, 0.4) is 0 Å². The monoisotopic (exact) mass is 400 g/mol. The summed E-state index contributed by atoms with van der Waals surface area (Å²) in [6.45, 7) is 1.15. The molecule has 1 amide bonds. The number of nitrogens with zero attached hydrogens (tertiary/aromatic N) is 3. The summed E-state index contributed by atoms with van der Waals surface area (Å²) in [5, 5.41) is 5.52. The lowest BCUT2D eigenvalue weighted by Gasteiger charge is -2.21. The Morgan fingerprint density at radius 1 is 1.32 bits per heavy atom. The van der Waals surface area contributed by atoms with Crippen molar-refractivity contribution in [2.75, 3.05) is 32.8 Å². The van der Waals surface area contributed by atoms with Crippen molar-refractivity contribution >= 4 is 12.4 Å². The van der Waals surface area contributed by atoms with Crippen LogP contribution in [0.4, 0.5) is 18.0 Å². The minimum atomic E-state index is -2.87. The lowest BCUT2D eigenvalue weighted by molar-refractivity contribution is -0.0163. The molecule has 1 aromatic carbocycles. The molecule has 2 rings (SSSR count). The highest BCUT2D eigenvalue weighted by Crippen LogP contribution is 2.33. The third-order valence-electron chi connectivity index (χ3n) is 4.55. The van der Waals surface area contributed by atoms with E-state index in [1.165, 1.54) is 17.0 Å². The molecule has 2 N–H and O–H groups in total. The molecule has 9 heteroatoms. The van der Waals surface area contributed by atoms with Crippen LogP contribution in [0.25, 0.3) is 0 Å². The van der Waals surface area contributed by atoms with Gasteiger partial charge in [-0.3, -0.25) is 5.01 Å². The molecule has 0 aromatic heterocycles. The average Bonchev–Trinajstić information content (AvgIpc) is 3.12. The number of rotatable bonds is 10. The smallest absolute Gasteiger partial charge is 0.409 e. The predicted molar refractivity (Wildman–Crippen MR) is 101 cm³/mol. The van der Waals surface area contributed by atoms with Gasteiger partial charge in [-0.25, -0.2) is 18.0 Å². The van der Waals surface area contributed by atoms with Gasteiger partial charge in [-0.05, 0) is 19.3 Å². The number of ether oxygens (including phenoxy) is 1. The van der Waals surface area contributed by atoms with Gasteiger partial charge in [0.25, 0.3) is 5.92 Å². The lowest BCUT2D eigenvalue weighted by Crippen LogP contribution is -2.32. The maximum absolute atomic E-state index is 14.1. The lowest BCUT2D eigenvalue weighted by atomic mass is 10.0. The minimum Gasteiger partial charge on any atom is -0.447 e. The van der Waals surface area contributed by atoms with Gasteiger partial charge in [0.2, 0.25) is 0 Å². The molecule has 1 saturated heterocycles. The summed E-state index contributed by atoms with van der Waals surface area (Å²) < 4.78 is 46.5. The Morgan fingerprint density at radius 2 is 2.07 bits per heavy atom. The molecule has 1 aliphatic rings. The number of unbranched alkanes of at least 4 members (excludes halogenated alkanes) is 1. The average molecular weight is 400 g/mol. The molecule has 0 bridgehead atoms. The van der Waals surface area contributed by atoms with E-state index in [1.807, 2.05) is 0 Å². The van der Waals surface area contributed by atoms with E-state index >= 15 is 0 Å². The number of nitrogens with two attached hydrogens (primary N) is 1. The molecule has 1 atom stereocenters. The Bertz CT molecular complexity index is 631. The largest absolute Gasteiger partial charge is 0.447 e. The normalized spacial score (nSPS) is 17.2. The van der Waals surface area contributed by atoms with Crippen molar-refractivity contribution in [2.24, 2.45) is 10.8 Å². The van der Waals surface area contributed by atoms with E-state index in [2.05, 4.69) is 5.10 Å². The third-order valence-corrected chi connectivity index (χ3v) is 4.55. The van der Waals surface area contributed by atoms with E-state index in [1.54, 1.807) is 23.2 Å². The SMILES string of the molecule is N/C=N\N(CCCCC(F)(F)c1ccccc1)CCOC(=O)N1CCC(F)C1. The summed E-state index contributed by atoms with van der Waals surface area (Å²) in [5.41, 5.74) is 5.32. The first-order valence-corrected chi connectivity index (χ1v) is 9.40. The molecule has 28 heavy (non-hydrogen) atoms. The van der Waals surface area contributed by atoms with Gasteiger partial charge in [-0.1, -0.05) is 30.3 Å². The zero-order chi connectivity index (χ0) is 20.4. The number of halogens is 3. The van der Waals surface area contributed by atoms with Crippen LogP contribution in [-0.2, 0) is 10.7 Å². The maximum atomic E-state index is 14.1. The standard InChI is InChI=1S/C19H27F3N4O2/c20-17-8-11-25(14-17)18(27)28-13-12-26(24-15-23)10-5-4-9-19(21,22)16-6-2-1-3-7-16/h1-3,6-7,15,17H,4-5,8-14H2,(H2,23,24). The van der Waals surface area contributed by atoms with E-state index in [9.17, 15) is 18.0 Å². The summed E-state index contributed by atoms with van der Waals surface area (Å²) in [4.78, 5) is 13.1. The quantitative estimate of drug-likeness (QED) is 0.283. The molecule has 0 saturated carbocycles. The first-order chi connectivity index (χ1) is 13.4. The number of carbonyl (C=O) groups is 1. The number of alkyl halides is 3. The molecule has 1 unspecified atom stereocenters. The second-order valence-corrected chi connectivity index (χ2v) is 6.69. The molecule has 1 fully saturated rings. The Balaban J connectivity index is 1.67. The van der Waals surface area contributed by atoms with Crippen LogP contribution >= 0.6 is 0 Å². The number of hydrogen-bond donors (Lipinski definition) is 1. The first-order valence-electron chi connectivity index (χ1n) is 9.40. The Morgan fingerprint density at radius 3 is 2.71 bits per heavy atom. The van der Waals surface area contributed by atoms with Gasteiger partial charge in [0.1, 0.15) is 19.1 Å². The van der Waals surface area contributed by atoms with Crippen molar-refractivity contribution in [3.8, 4) is 0 Å². The molecule has 0 spiro atoms. The number of hydrogen-bond acceptors (Lipinski definition) is 4. The maximum Gasteiger partial charge on any atom is 0.409 e. The fourth-order valence-electron chi connectivity index (χ4n) is 3.00. The topological polar surface area (TPSA) is 71.2 Å². The van der Waals surface area contributed by atoms with Crippen LogP contribution in [0.15, 0.2) is 35.4 Å². The Hall–Kier alpha value is -2.45. The van der Waals surface area contributed by atoms with Crippen LogP contribution in [0.5, 0.6) is 0 Å². The fraction of sp³-hybridized carbons (Fsp3) is 0.579. The van der Waals surface area contributed by atoms with Gasteiger partial charge < -0.3 is 15.4 Å². The minimum absolute atomic E-state index is 0.0104. The summed E-state index contributed by atoms with van der Waals surface area (Å²) >= 11 is 0. The molecular formula is C19H27F3N4O2. The van der Waals surface area contributed by atoms with Crippen molar-refractivity contribution in [3.63, 3.8) is 0 Å². The summed E-state index contributed by atoms with van der Waals surface area (Å²) in [7, 11) is 0. The van der Waals surface area contributed by atoms with Crippen LogP contribution in [0.2, 0.25) is 0 Å². The highest BCUT2D eigenvalue weighted by atomic mass is 19.3. The molecule has 156 valence electrons. The third kappa shape index (κ3) is 6.94. The van der Waals surface area contributed by atoms with Crippen molar-refractivity contribution in [3.05, 3.63) is 35.9 Å². The predicted octanol–water partition coefficient (Wildman–Crippen LogP) is 3.33. The van der Waals surface area contributed by atoms with Crippen molar-refractivity contribution in [1.29, 1.82) is 0 Å². The molecule has 0 radical (unpaired) electrons. The van der Waals surface area contributed by atoms with E-state index in [0.717, 1.165) is 6.34 Å². The summed E-state index contributed by atoms with van der Waals surface area (Å²) in [6, 6.07) is 7.74. The van der Waals surface area contributed by atoms with Crippen molar-refractivity contribution in [2.45, 2.75) is 37.8 Å². The van der Waals surface area contributed by atoms with E-state index < -0.39 is 18.2 Å². The van der Waals surface area contributed by atoms with E-state index in [-0.39, 0.29) is 31.7 Å². The number of hydrazone groups is 1. The van der Waals surface area contributed by atoms with Crippen LogP contribution < -0.4 is 5.73 Å². The Labute approximate surface area is 163 Å². The molecule has 1 aromatic rings. The molecule has 1 heterocycles. The molecule has 0 aliphatic carbocycles. The molecular weight excluding hydrogens is 373 g/mol. The number of likely N-dealkylation sites (tertiary alicyclic amines) is 1. The van der Waals surface area contributed by atoms with E-state index in [0.29, 0.717) is 32.4 Å². The highest BCUT2D eigenvalue weighted by Gasteiger charge is 2.30.